The van der Waals surface area contributed by atoms with Crippen LogP contribution in [0.5, 0.6) is 0 Å². The molecule has 1 amide bonds. The molecule has 0 unspecified atom stereocenters. The molecule has 7 nitrogen and oxygen atoms in total. The molecule has 1 aromatic heterocycles. The first-order valence-electron chi connectivity index (χ1n) is 4.80. The Kier molecular flexibility index (Phi) is 4.29. The Morgan fingerprint density at radius 1 is 1.76 bits per heavy atom. The molecule has 0 bridgehead atoms. The molecule has 0 saturated carbocycles. The maximum Gasteiger partial charge on any atom is 0.258 e. The Hall–Kier alpha value is -2.28. The Labute approximate surface area is 97.7 Å². The van der Waals surface area contributed by atoms with Gasteiger partial charge >= 0.3 is 0 Å². The first-order valence-corrected chi connectivity index (χ1v) is 4.80. The number of hydrazine groups is 1. The summed E-state index contributed by atoms with van der Waals surface area (Å²) in [7, 11) is 0. The summed E-state index contributed by atoms with van der Waals surface area (Å²) < 4.78 is 1.16. The topological polar surface area (TPSA) is 102 Å². The summed E-state index contributed by atoms with van der Waals surface area (Å²) >= 11 is 0. The lowest BCUT2D eigenvalue weighted by molar-refractivity contribution is -0.121. The molecular formula is C10H13N5O2. The van der Waals surface area contributed by atoms with Gasteiger partial charge in [-0.2, -0.15) is 0 Å². The number of hydrogen-bond acceptors (Lipinski definition) is 5. The Balaban J connectivity index is 3.10. The average Bonchev–Trinajstić information content (AvgIpc) is 2.34. The first kappa shape index (κ1) is 12.8. The molecule has 0 fully saturated rings. The van der Waals surface area contributed by atoms with Crippen molar-refractivity contribution in [3.8, 4) is 0 Å². The van der Waals surface area contributed by atoms with Crippen molar-refractivity contribution in [1.29, 1.82) is 0 Å². The highest BCUT2D eigenvalue weighted by Gasteiger charge is 2.08. The van der Waals surface area contributed by atoms with Gasteiger partial charge in [-0.3, -0.25) is 19.6 Å². The number of aromatic nitrogens is 2. The van der Waals surface area contributed by atoms with Crippen molar-refractivity contribution in [3.63, 3.8) is 0 Å². The van der Waals surface area contributed by atoms with E-state index in [2.05, 4.69) is 16.6 Å². The number of aliphatic imine (C=N–C) groups is 1. The highest BCUT2D eigenvalue weighted by molar-refractivity contribution is 5.75. The van der Waals surface area contributed by atoms with Crippen LogP contribution in [-0.4, -0.2) is 21.7 Å². The smallest absolute Gasteiger partial charge is 0.258 e. The van der Waals surface area contributed by atoms with Gasteiger partial charge in [0.2, 0.25) is 0 Å². The zero-order valence-corrected chi connectivity index (χ0v) is 9.38. The van der Waals surface area contributed by atoms with E-state index in [9.17, 15) is 9.59 Å². The van der Waals surface area contributed by atoms with E-state index in [1.807, 2.05) is 5.43 Å². The molecule has 1 rings (SSSR count). The van der Waals surface area contributed by atoms with Crippen LogP contribution in [-0.2, 0) is 11.3 Å². The zero-order chi connectivity index (χ0) is 12.8. The molecule has 0 aromatic carbocycles. The van der Waals surface area contributed by atoms with Gasteiger partial charge in [-0.15, -0.1) is 0 Å². The van der Waals surface area contributed by atoms with Crippen molar-refractivity contribution in [2.24, 2.45) is 10.8 Å². The molecular weight excluding hydrogens is 222 g/mol. The molecule has 90 valence electrons. The van der Waals surface area contributed by atoms with Crippen LogP contribution in [0.1, 0.15) is 5.56 Å². The third-order valence-corrected chi connectivity index (χ3v) is 2.01. The van der Waals surface area contributed by atoms with Crippen LogP contribution in [0.3, 0.4) is 0 Å². The van der Waals surface area contributed by atoms with Crippen molar-refractivity contribution < 1.29 is 4.79 Å². The number of nitrogens with zero attached hydrogens (tertiary/aromatic N) is 3. The van der Waals surface area contributed by atoms with E-state index < -0.39 is 5.91 Å². The number of carbonyl (C=O) groups is 1. The second-order valence-electron chi connectivity index (χ2n) is 3.21. The molecule has 0 spiro atoms. The van der Waals surface area contributed by atoms with Gasteiger partial charge in [0.1, 0.15) is 12.9 Å². The van der Waals surface area contributed by atoms with Crippen LogP contribution in [0.25, 0.3) is 0 Å². The molecule has 0 atom stereocenters. The normalized spacial score (nSPS) is 10.5. The van der Waals surface area contributed by atoms with Crippen LogP contribution < -0.4 is 16.8 Å². The van der Waals surface area contributed by atoms with E-state index >= 15 is 0 Å². The van der Waals surface area contributed by atoms with Gasteiger partial charge in [-0.1, -0.05) is 12.7 Å². The van der Waals surface area contributed by atoms with Crippen molar-refractivity contribution in [2.75, 3.05) is 0 Å². The summed E-state index contributed by atoms with van der Waals surface area (Å²) in [5.41, 5.74) is 1.96. The monoisotopic (exact) mass is 235 g/mol. The molecule has 17 heavy (non-hydrogen) atoms. The third-order valence-electron chi connectivity index (χ3n) is 2.01. The highest BCUT2D eigenvalue weighted by atomic mass is 16.2. The second-order valence-corrected chi connectivity index (χ2v) is 3.21. The van der Waals surface area contributed by atoms with Crippen molar-refractivity contribution in [1.82, 2.24) is 15.0 Å². The van der Waals surface area contributed by atoms with Gasteiger partial charge in [0.15, 0.2) is 5.82 Å². The molecule has 0 aliphatic rings. The molecule has 7 heteroatoms. The lowest BCUT2D eigenvalue weighted by atomic mass is 10.3. The average molecular weight is 235 g/mol. The predicted molar refractivity (Wildman–Crippen MR) is 63.9 cm³/mol. The molecule has 3 N–H and O–H groups in total. The number of allylic oxidation sites excluding steroid dienone is 1. The van der Waals surface area contributed by atoms with E-state index in [-0.39, 0.29) is 12.1 Å². The minimum absolute atomic E-state index is 0.172. The van der Waals surface area contributed by atoms with Crippen LogP contribution in [0.2, 0.25) is 0 Å². The number of carbonyl (C=O) groups excluding carboxylic acids is 1. The lowest BCUT2D eigenvalue weighted by Crippen LogP contribution is -2.36. The van der Waals surface area contributed by atoms with E-state index in [1.54, 1.807) is 6.92 Å². The van der Waals surface area contributed by atoms with Gasteiger partial charge in [0, 0.05) is 6.21 Å². The maximum absolute atomic E-state index is 11.8. The molecule has 1 heterocycles. The van der Waals surface area contributed by atoms with Crippen LogP contribution in [0.15, 0.2) is 28.8 Å². The molecule has 1 aromatic rings. The van der Waals surface area contributed by atoms with Crippen LogP contribution in [0.4, 0.5) is 5.82 Å². The summed E-state index contributed by atoms with van der Waals surface area (Å²) in [6.07, 6.45) is 4.17. The first-order chi connectivity index (χ1) is 8.10. The van der Waals surface area contributed by atoms with Gasteiger partial charge < -0.3 is 0 Å². The minimum Gasteiger partial charge on any atom is -0.293 e. The fraction of sp³-hybridized carbons (Fsp3) is 0.200. The minimum atomic E-state index is -0.476. The highest BCUT2D eigenvalue weighted by Crippen LogP contribution is 2.08. The van der Waals surface area contributed by atoms with Gasteiger partial charge in [-0.25, -0.2) is 15.8 Å². The second kappa shape index (κ2) is 5.71. The molecule has 0 saturated heterocycles. The van der Waals surface area contributed by atoms with Gasteiger partial charge in [0.25, 0.3) is 11.5 Å². The van der Waals surface area contributed by atoms with E-state index in [4.69, 9.17) is 5.84 Å². The van der Waals surface area contributed by atoms with E-state index in [0.29, 0.717) is 11.4 Å². The predicted octanol–water partition coefficient (Wildman–Crippen LogP) is -0.570. The summed E-state index contributed by atoms with van der Waals surface area (Å²) in [5.74, 6) is 4.76. The van der Waals surface area contributed by atoms with Crippen LogP contribution >= 0.6 is 0 Å². The fourth-order valence-corrected chi connectivity index (χ4v) is 1.15. The zero-order valence-electron chi connectivity index (χ0n) is 9.38. The molecule has 0 radical (unpaired) electrons. The van der Waals surface area contributed by atoms with Gasteiger partial charge in [-0.05, 0) is 6.92 Å². The largest absolute Gasteiger partial charge is 0.293 e. The van der Waals surface area contributed by atoms with Crippen LogP contribution in [0, 0.1) is 6.92 Å². The molecule has 0 aliphatic heterocycles. The van der Waals surface area contributed by atoms with Crippen molar-refractivity contribution in [2.45, 2.75) is 13.5 Å². The fourth-order valence-electron chi connectivity index (χ4n) is 1.15. The Morgan fingerprint density at radius 2 is 2.47 bits per heavy atom. The number of nitrogens with one attached hydrogen (secondary N) is 1. The van der Waals surface area contributed by atoms with Crippen molar-refractivity contribution >= 4 is 17.9 Å². The standard InChI is InChI=1S/C10H13N5O2/c1-3-4-12-9-7(2)10(17)15(6-13-9)5-8(16)14-11/h3-4,6H,1,5,11H2,2H3,(H,14,16)/b12-4-. The van der Waals surface area contributed by atoms with Crippen molar-refractivity contribution in [3.05, 3.63) is 34.9 Å². The summed E-state index contributed by atoms with van der Waals surface area (Å²) in [5, 5.41) is 0. The Morgan fingerprint density at radius 3 is 3.06 bits per heavy atom. The maximum atomic E-state index is 11.8. The third kappa shape index (κ3) is 3.08. The number of amides is 1. The van der Waals surface area contributed by atoms with E-state index in [1.165, 1.54) is 18.6 Å². The van der Waals surface area contributed by atoms with E-state index in [0.717, 1.165) is 4.57 Å². The summed E-state index contributed by atoms with van der Waals surface area (Å²) in [6.45, 7) is 4.88. The van der Waals surface area contributed by atoms with Gasteiger partial charge in [0.05, 0.1) is 5.56 Å². The summed E-state index contributed by atoms with van der Waals surface area (Å²) in [6, 6.07) is 0. The lowest BCUT2D eigenvalue weighted by Gasteiger charge is -2.05. The number of rotatable bonds is 4. The summed E-state index contributed by atoms with van der Waals surface area (Å²) in [4.78, 5) is 30.7. The number of nitrogens with two attached hydrogens (primary N) is 1. The number of hydrogen-bond donors (Lipinski definition) is 2. The SMILES string of the molecule is C=C/C=N\c1ncn(CC(=O)NN)c(=O)c1C. The molecule has 0 aliphatic carbocycles. The Bertz CT molecular complexity index is 518. The quantitative estimate of drug-likeness (QED) is 0.316.